The van der Waals surface area contributed by atoms with Crippen LogP contribution in [0.3, 0.4) is 0 Å². The number of ether oxygens (including phenoxy) is 1. The zero-order valence-corrected chi connectivity index (χ0v) is 14.5. The molecule has 0 saturated heterocycles. The van der Waals surface area contributed by atoms with Gasteiger partial charge in [-0.25, -0.2) is 0 Å². The SMILES string of the molecule is COc1cc([N+](=O)[O-])ccc1-c1ccc(/C=C2\Cc3ccccc3C2=O)o1. The van der Waals surface area contributed by atoms with E-state index in [-0.39, 0.29) is 11.5 Å². The summed E-state index contributed by atoms with van der Waals surface area (Å²) in [5.74, 6) is 1.41. The summed E-state index contributed by atoms with van der Waals surface area (Å²) < 4.78 is 11.1. The van der Waals surface area contributed by atoms with E-state index in [0.717, 1.165) is 11.1 Å². The zero-order valence-electron chi connectivity index (χ0n) is 14.5. The number of nitrogens with zero attached hydrogens (tertiary/aromatic N) is 1. The Morgan fingerprint density at radius 1 is 1.11 bits per heavy atom. The molecule has 0 amide bonds. The van der Waals surface area contributed by atoms with Gasteiger partial charge in [-0.15, -0.1) is 0 Å². The maximum atomic E-state index is 12.5. The number of methoxy groups -OCH3 is 1. The molecule has 0 fully saturated rings. The van der Waals surface area contributed by atoms with E-state index in [4.69, 9.17) is 9.15 Å². The molecule has 1 aromatic heterocycles. The molecular weight excluding hydrogens is 346 g/mol. The van der Waals surface area contributed by atoms with E-state index in [2.05, 4.69) is 0 Å². The number of rotatable bonds is 4. The van der Waals surface area contributed by atoms with Crippen LogP contribution in [-0.4, -0.2) is 17.8 Å². The number of hydrogen-bond acceptors (Lipinski definition) is 5. The fraction of sp³-hybridized carbons (Fsp3) is 0.0952. The highest BCUT2D eigenvalue weighted by Gasteiger charge is 2.24. The molecule has 1 aliphatic rings. The third kappa shape index (κ3) is 3.01. The minimum Gasteiger partial charge on any atom is -0.496 e. The second kappa shape index (κ2) is 6.57. The fourth-order valence-corrected chi connectivity index (χ4v) is 3.21. The first-order valence-electron chi connectivity index (χ1n) is 8.32. The van der Waals surface area contributed by atoms with Crippen molar-refractivity contribution < 1.29 is 18.9 Å². The molecule has 0 N–H and O–H groups in total. The molecule has 6 heteroatoms. The number of hydrogen-bond donors (Lipinski definition) is 0. The van der Waals surface area contributed by atoms with Crippen molar-refractivity contribution in [3.05, 3.63) is 87.2 Å². The van der Waals surface area contributed by atoms with E-state index in [1.54, 1.807) is 24.3 Å². The molecule has 0 aliphatic heterocycles. The molecule has 2 aromatic carbocycles. The van der Waals surface area contributed by atoms with Crippen molar-refractivity contribution in [2.75, 3.05) is 7.11 Å². The lowest BCUT2D eigenvalue weighted by molar-refractivity contribution is -0.384. The minimum atomic E-state index is -0.479. The van der Waals surface area contributed by atoms with Gasteiger partial charge < -0.3 is 9.15 Å². The van der Waals surface area contributed by atoms with E-state index in [1.807, 2.05) is 24.3 Å². The lowest BCUT2D eigenvalue weighted by Crippen LogP contribution is -1.94. The van der Waals surface area contributed by atoms with E-state index in [0.29, 0.717) is 34.8 Å². The number of carbonyl (C=O) groups excluding carboxylic acids is 1. The molecule has 6 nitrogen and oxygen atoms in total. The first-order chi connectivity index (χ1) is 13.1. The number of fused-ring (bicyclic) bond motifs is 1. The van der Waals surface area contributed by atoms with Crippen LogP contribution in [0.25, 0.3) is 17.4 Å². The molecule has 134 valence electrons. The maximum absolute atomic E-state index is 12.5. The number of ketones is 1. The Labute approximate surface area is 154 Å². The summed E-state index contributed by atoms with van der Waals surface area (Å²) >= 11 is 0. The van der Waals surface area contributed by atoms with Crippen LogP contribution in [0.15, 0.2) is 64.6 Å². The highest BCUT2D eigenvalue weighted by Crippen LogP contribution is 2.35. The van der Waals surface area contributed by atoms with Crippen molar-refractivity contribution in [1.29, 1.82) is 0 Å². The van der Waals surface area contributed by atoms with E-state index in [1.165, 1.54) is 19.2 Å². The van der Waals surface area contributed by atoms with Gasteiger partial charge in [-0.1, -0.05) is 24.3 Å². The lowest BCUT2D eigenvalue weighted by atomic mass is 10.1. The lowest BCUT2D eigenvalue weighted by Gasteiger charge is -2.05. The van der Waals surface area contributed by atoms with Crippen LogP contribution in [0.5, 0.6) is 5.75 Å². The summed E-state index contributed by atoms with van der Waals surface area (Å²) in [5, 5.41) is 10.9. The monoisotopic (exact) mass is 361 g/mol. The normalized spacial score (nSPS) is 14.4. The molecular formula is C21H15NO5. The molecule has 0 unspecified atom stereocenters. The molecule has 0 spiro atoms. The van der Waals surface area contributed by atoms with Crippen molar-refractivity contribution >= 4 is 17.5 Å². The summed E-state index contributed by atoms with van der Waals surface area (Å²) in [6.45, 7) is 0. The van der Waals surface area contributed by atoms with Gasteiger partial charge in [-0.2, -0.15) is 0 Å². The summed E-state index contributed by atoms with van der Waals surface area (Å²) in [6.07, 6.45) is 2.32. The number of Topliss-reactive ketones (excluding diaryl/α,β-unsaturated/α-hetero) is 1. The number of nitro groups is 1. The minimum absolute atomic E-state index is 0.0106. The maximum Gasteiger partial charge on any atom is 0.273 e. The second-order valence-electron chi connectivity index (χ2n) is 6.18. The average molecular weight is 361 g/mol. The van der Waals surface area contributed by atoms with Gasteiger partial charge in [-0.05, 0) is 29.8 Å². The smallest absolute Gasteiger partial charge is 0.273 e. The Kier molecular flexibility index (Phi) is 4.08. The van der Waals surface area contributed by atoms with E-state index >= 15 is 0 Å². The van der Waals surface area contributed by atoms with Crippen LogP contribution < -0.4 is 4.74 Å². The van der Waals surface area contributed by atoms with Gasteiger partial charge in [0.15, 0.2) is 5.78 Å². The van der Waals surface area contributed by atoms with Crippen LogP contribution in [-0.2, 0) is 6.42 Å². The molecule has 0 bridgehead atoms. The summed E-state index contributed by atoms with van der Waals surface area (Å²) in [4.78, 5) is 22.9. The van der Waals surface area contributed by atoms with Crippen LogP contribution in [0.2, 0.25) is 0 Å². The standard InChI is InChI=1S/C21H15NO5/c1-26-20-12-15(22(24)25)6-8-18(20)19-9-7-16(27-19)11-14-10-13-4-2-3-5-17(13)21(14)23/h2-9,11-12H,10H2,1H3/b14-11+. The first-order valence-corrected chi connectivity index (χ1v) is 8.32. The largest absolute Gasteiger partial charge is 0.496 e. The van der Waals surface area contributed by atoms with Gasteiger partial charge in [0.05, 0.1) is 23.7 Å². The van der Waals surface area contributed by atoms with E-state index < -0.39 is 4.92 Å². The first kappa shape index (κ1) is 16.8. The Hall–Kier alpha value is -3.67. The van der Waals surface area contributed by atoms with Crippen LogP contribution >= 0.6 is 0 Å². The van der Waals surface area contributed by atoms with Gasteiger partial charge in [0.1, 0.15) is 17.3 Å². The molecule has 27 heavy (non-hydrogen) atoms. The third-order valence-corrected chi connectivity index (χ3v) is 4.54. The third-order valence-electron chi connectivity index (χ3n) is 4.54. The Morgan fingerprint density at radius 3 is 2.67 bits per heavy atom. The molecule has 3 aromatic rings. The van der Waals surface area contributed by atoms with Crippen molar-refractivity contribution in [1.82, 2.24) is 0 Å². The Balaban J connectivity index is 1.66. The number of nitro benzene ring substituents is 1. The zero-order chi connectivity index (χ0) is 19.0. The Morgan fingerprint density at radius 2 is 1.93 bits per heavy atom. The number of carbonyl (C=O) groups is 1. The topological polar surface area (TPSA) is 82.6 Å². The fourth-order valence-electron chi connectivity index (χ4n) is 3.21. The highest BCUT2D eigenvalue weighted by molar-refractivity contribution is 6.15. The van der Waals surface area contributed by atoms with Crippen LogP contribution in [0, 0.1) is 10.1 Å². The van der Waals surface area contributed by atoms with Gasteiger partial charge in [0.25, 0.3) is 5.69 Å². The number of non-ortho nitro benzene ring substituents is 1. The predicted molar refractivity (Wildman–Crippen MR) is 99.8 cm³/mol. The molecule has 0 atom stereocenters. The second-order valence-corrected chi connectivity index (χ2v) is 6.18. The van der Waals surface area contributed by atoms with Crippen LogP contribution in [0.1, 0.15) is 21.7 Å². The van der Waals surface area contributed by atoms with Crippen molar-refractivity contribution in [3.8, 4) is 17.1 Å². The van der Waals surface area contributed by atoms with E-state index in [9.17, 15) is 14.9 Å². The molecule has 4 rings (SSSR count). The van der Waals surface area contributed by atoms with Crippen molar-refractivity contribution in [2.24, 2.45) is 0 Å². The van der Waals surface area contributed by atoms with Gasteiger partial charge in [0.2, 0.25) is 0 Å². The predicted octanol–water partition coefficient (Wildman–Crippen LogP) is 4.69. The molecule has 1 aliphatic carbocycles. The van der Waals surface area contributed by atoms with Crippen molar-refractivity contribution in [2.45, 2.75) is 6.42 Å². The van der Waals surface area contributed by atoms with Gasteiger partial charge >= 0.3 is 0 Å². The number of benzene rings is 2. The number of furan rings is 1. The van der Waals surface area contributed by atoms with Gasteiger partial charge in [-0.3, -0.25) is 14.9 Å². The highest BCUT2D eigenvalue weighted by atomic mass is 16.6. The average Bonchev–Trinajstić information content (AvgIpc) is 3.27. The summed E-state index contributed by atoms with van der Waals surface area (Å²) in [5.41, 5.74) is 2.96. The molecule has 1 heterocycles. The summed E-state index contributed by atoms with van der Waals surface area (Å²) in [6, 6.07) is 15.4. The quantitative estimate of drug-likeness (QED) is 0.383. The van der Waals surface area contributed by atoms with Gasteiger partial charge in [0, 0.05) is 23.6 Å². The van der Waals surface area contributed by atoms with Crippen molar-refractivity contribution in [3.63, 3.8) is 0 Å². The molecule has 0 saturated carbocycles. The number of allylic oxidation sites excluding steroid dienone is 1. The molecule has 0 radical (unpaired) electrons. The van der Waals surface area contributed by atoms with Crippen LogP contribution in [0.4, 0.5) is 5.69 Å². The summed E-state index contributed by atoms with van der Waals surface area (Å²) in [7, 11) is 1.45. The Bertz CT molecular complexity index is 1090.